The number of rotatable bonds is 6. The second-order valence-electron chi connectivity index (χ2n) is 7.28. The van der Waals surface area contributed by atoms with E-state index in [-0.39, 0.29) is 23.0 Å². The average Bonchev–Trinajstić information content (AvgIpc) is 2.52. The van der Waals surface area contributed by atoms with E-state index >= 15 is 0 Å². The van der Waals surface area contributed by atoms with Crippen molar-refractivity contribution in [2.45, 2.75) is 50.7 Å². The van der Waals surface area contributed by atoms with E-state index < -0.39 is 32.7 Å². The minimum Gasteiger partial charge on any atom is -0.479 e. The Kier molecular flexibility index (Phi) is 5.22. The lowest BCUT2D eigenvalue weighted by Crippen LogP contribution is -2.76. The number of carboxylic acid groups (broad SMARTS) is 1. The summed E-state index contributed by atoms with van der Waals surface area (Å²) >= 11 is 0. The molecular weight excluding hydrogens is 358 g/mol. The summed E-state index contributed by atoms with van der Waals surface area (Å²) in [7, 11) is -3.48. The number of sulfone groups is 1. The summed E-state index contributed by atoms with van der Waals surface area (Å²) in [5.74, 6) is -1.75. The van der Waals surface area contributed by atoms with Crippen molar-refractivity contribution in [3.63, 3.8) is 0 Å². The molecule has 0 heterocycles. The zero-order chi connectivity index (χ0) is 19.9. The number of ether oxygens (including phenoxy) is 1. The van der Waals surface area contributed by atoms with Crippen molar-refractivity contribution in [1.82, 2.24) is 5.32 Å². The highest BCUT2D eigenvalue weighted by atomic mass is 32.2. The summed E-state index contributed by atoms with van der Waals surface area (Å²) in [6, 6.07) is 4.24. The molecule has 1 saturated carbocycles. The number of nitrogens with one attached hydrogen (secondary N) is 1. The van der Waals surface area contributed by atoms with E-state index in [1.807, 2.05) is 6.92 Å². The fourth-order valence-corrected chi connectivity index (χ4v) is 4.02. The normalized spacial score (nSPS) is 24.6. The van der Waals surface area contributed by atoms with E-state index in [1.165, 1.54) is 18.2 Å². The summed E-state index contributed by atoms with van der Waals surface area (Å²) < 4.78 is 29.1. The molecule has 2 N–H and O–H groups in total. The quantitative estimate of drug-likeness (QED) is 0.775. The van der Waals surface area contributed by atoms with Crippen LogP contribution in [-0.2, 0) is 19.4 Å². The van der Waals surface area contributed by atoms with Crippen LogP contribution >= 0.6 is 0 Å². The van der Waals surface area contributed by atoms with Crippen LogP contribution in [0.2, 0.25) is 0 Å². The smallest absolute Gasteiger partial charge is 0.330 e. The molecule has 1 aliphatic carbocycles. The van der Waals surface area contributed by atoms with Crippen LogP contribution < -0.4 is 5.32 Å². The number of hydrogen-bond acceptors (Lipinski definition) is 5. The largest absolute Gasteiger partial charge is 0.479 e. The van der Waals surface area contributed by atoms with Gasteiger partial charge in [0.15, 0.2) is 9.84 Å². The van der Waals surface area contributed by atoms with E-state index in [2.05, 4.69) is 5.32 Å². The molecule has 144 valence electrons. The van der Waals surface area contributed by atoms with Crippen molar-refractivity contribution < 1.29 is 27.9 Å². The Labute approximate surface area is 153 Å². The summed E-state index contributed by atoms with van der Waals surface area (Å²) in [6.07, 6.45) is 0.923. The number of carboxylic acids is 1. The van der Waals surface area contributed by atoms with Crippen LogP contribution in [0.1, 0.15) is 43.1 Å². The maximum atomic E-state index is 12.8. The molecule has 1 aliphatic rings. The highest BCUT2D eigenvalue weighted by molar-refractivity contribution is 7.90. The lowest BCUT2D eigenvalue weighted by atomic mass is 9.54. The average molecular weight is 383 g/mol. The van der Waals surface area contributed by atoms with E-state index in [9.17, 15) is 23.1 Å². The molecule has 1 aromatic rings. The molecule has 0 spiro atoms. The maximum absolute atomic E-state index is 12.8. The topological polar surface area (TPSA) is 110 Å². The number of benzene rings is 1. The van der Waals surface area contributed by atoms with Crippen LogP contribution in [-0.4, -0.2) is 49.9 Å². The molecule has 0 radical (unpaired) electrons. The highest BCUT2D eigenvalue weighted by Crippen LogP contribution is 2.51. The van der Waals surface area contributed by atoms with Gasteiger partial charge in [-0.3, -0.25) is 4.79 Å². The molecule has 0 saturated heterocycles. The predicted molar refractivity (Wildman–Crippen MR) is 95.9 cm³/mol. The van der Waals surface area contributed by atoms with Crippen molar-refractivity contribution >= 4 is 21.7 Å². The lowest BCUT2D eigenvalue weighted by molar-refractivity contribution is -0.190. The standard InChI is InChI=1S/C18H25NO6S/c1-6-25-14-10-18(16(21)22,17(14,3)4)19-15(20)13-9-12(26(5,23)24)8-7-11(13)2/h7-9,14H,6,10H2,1-5H3,(H,19,20)(H,21,22). The van der Waals surface area contributed by atoms with E-state index in [0.717, 1.165) is 6.26 Å². The molecule has 1 amide bonds. The van der Waals surface area contributed by atoms with Gasteiger partial charge in [-0.05, 0) is 31.5 Å². The van der Waals surface area contributed by atoms with Crippen LogP contribution in [0.25, 0.3) is 0 Å². The fraction of sp³-hybridized carbons (Fsp3) is 0.556. The first kappa shape index (κ1) is 20.4. The molecule has 7 nitrogen and oxygen atoms in total. The minimum atomic E-state index is -3.48. The Hall–Kier alpha value is -1.93. The Morgan fingerprint density at radius 1 is 1.35 bits per heavy atom. The van der Waals surface area contributed by atoms with Crippen molar-refractivity contribution in [2.24, 2.45) is 5.41 Å². The van der Waals surface area contributed by atoms with Crippen molar-refractivity contribution in [3.05, 3.63) is 29.3 Å². The number of carbonyl (C=O) groups is 2. The van der Waals surface area contributed by atoms with Crippen LogP contribution in [0, 0.1) is 12.3 Å². The predicted octanol–water partition coefficient (Wildman–Crippen LogP) is 1.79. The molecular formula is C18H25NO6S. The zero-order valence-electron chi connectivity index (χ0n) is 15.6. The Bertz CT molecular complexity index is 845. The summed E-state index contributed by atoms with van der Waals surface area (Å²) in [6.45, 7) is 7.43. The molecule has 2 atom stereocenters. The van der Waals surface area contributed by atoms with Crippen LogP contribution in [0.15, 0.2) is 23.1 Å². The Morgan fingerprint density at radius 3 is 2.42 bits per heavy atom. The van der Waals surface area contributed by atoms with E-state index in [4.69, 9.17) is 4.74 Å². The van der Waals surface area contributed by atoms with Crippen LogP contribution in [0.5, 0.6) is 0 Å². The van der Waals surface area contributed by atoms with Crippen molar-refractivity contribution in [3.8, 4) is 0 Å². The molecule has 1 aromatic carbocycles. The van der Waals surface area contributed by atoms with Gasteiger partial charge in [0.25, 0.3) is 5.91 Å². The first-order valence-corrected chi connectivity index (χ1v) is 10.2. The van der Waals surface area contributed by atoms with Gasteiger partial charge in [0.2, 0.25) is 0 Å². The van der Waals surface area contributed by atoms with Gasteiger partial charge < -0.3 is 15.2 Å². The number of hydrogen-bond donors (Lipinski definition) is 2. The van der Waals surface area contributed by atoms with Crippen molar-refractivity contribution in [1.29, 1.82) is 0 Å². The van der Waals surface area contributed by atoms with E-state index in [1.54, 1.807) is 20.8 Å². The SMILES string of the molecule is CCOC1CC(NC(=O)c2cc(S(C)(=O)=O)ccc2C)(C(=O)O)C1(C)C. The van der Waals surface area contributed by atoms with Gasteiger partial charge >= 0.3 is 5.97 Å². The zero-order valence-corrected chi connectivity index (χ0v) is 16.4. The van der Waals surface area contributed by atoms with Gasteiger partial charge in [0, 0.05) is 30.3 Å². The third-order valence-electron chi connectivity index (χ3n) is 5.34. The number of aliphatic carboxylic acids is 1. The molecule has 0 bridgehead atoms. The summed E-state index contributed by atoms with van der Waals surface area (Å²) in [4.78, 5) is 24.8. The molecule has 2 rings (SSSR count). The first-order chi connectivity index (χ1) is 11.9. The maximum Gasteiger partial charge on any atom is 0.330 e. The van der Waals surface area contributed by atoms with Gasteiger partial charge in [-0.1, -0.05) is 19.9 Å². The number of aryl methyl sites for hydroxylation is 1. The first-order valence-electron chi connectivity index (χ1n) is 8.35. The second kappa shape index (κ2) is 6.66. The molecule has 0 aliphatic heterocycles. The Morgan fingerprint density at radius 2 is 1.96 bits per heavy atom. The third-order valence-corrected chi connectivity index (χ3v) is 6.45. The minimum absolute atomic E-state index is 0.0117. The highest BCUT2D eigenvalue weighted by Gasteiger charge is 2.66. The third kappa shape index (κ3) is 3.23. The van der Waals surface area contributed by atoms with Gasteiger partial charge in [-0.25, -0.2) is 13.2 Å². The molecule has 1 fully saturated rings. The van der Waals surface area contributed by atoms with Gasteiger partial charge in [-0.15, -0.1) is 0 Å². The summed E-state index contributed by atoms with van der Waals surface area (Å²) in [5, 5.41) is 12.4. The molecule has 26 heavy (non-hydrogen) atoms. The lowest BCUT2D eigenvalue weighted by Gasteiger charge is -2.58. The monoisotopic (exact) mass is 383 g/mol. The van der Waals surface area contributed by atoms with Gasteiger partial charge in [0.05, 0.1) is 11.0 Å². The molecule has 2 unspecified atom stereocenters. The van der Waals surface area contributed by atoms with Crippen molar-refractivity contribution in [2.75, 3.05) is 12.9 Å². The van der Waals surface area contributed by atoms with Gasteiger partial charge in [0.1, 0.15) is 5.54 Å². The molecule has 0 aromatic heterocycles. The Balaban J connectivity index is 2.38. The summed E-state index contributed by atoms with van der Waals surface area (Å²) in [5.41, 5.74) is -1.58. The van der Waals surface area contributed by atoms with E-state index in [0.29, 0.717) is 12.2 Å². The second-order valence-corrected chi connectivity index (χ2v) is 9.30. The van der Waals surface area contributed by atoms with Crippen LogP contribution in [0.3, 0.4) is 0 Å². The molecule has 8 heteroatoms. The van der Waals surface area contributed by atoms with Crippen LogP contribution in [0.4, 0.5) is 0 Å². The fourth-order valence-electron chi connectivity index (χ4n) is 3.37. The number of carbonyl (C=O) groups excluding carboxylic acids is 1. The van der Waals surface area contributed by atoms with Gasteiger partial charge in [-0.2, -0.15) is 0 Å². The number of amides is 1.